The number of rotatable bonds is 6. The van der Waals surface area contributed by atoms with Crippen LogP contribution in [0.4, 0.5) is 0 Å². The predicted octanol–water partition coefficient (Wildman–Crippen LogP) is 2.31. The van der Waals surface area contributed by atoms with Gasteiger partial charge in [0.15, 0.2) is 0 Å². The van der Waals surface area contributed by atoms with Gasteiger partial charge in [0.25, 0.3) is 0 Å². The first-order valence-electron chi connectivity index (χ1n) is 5.63. The summed E-state index contributed by atoms with van der Waals surface area (Å²) >= 11 is 5.99. The van der Waals surface area contributed by atoms with Crippen LogP contribution >= 0.6 is 11.6 Å². The second-order valence-corrected chi connectivity index (χ2v) is 4.13. The second kappa shape index (κ2) is 7.57. The van der Waals surface area contributed by atoms with Gasteiger partial charge in [-0.15, -0.1) is 0 Å². The van der Waals surface area contributed by atoms with Gasteiger partial charge in [-0.3, -0.25) is 4.79 Å². The van der Waals surface area contributed by atoms with Crippen LogP contribution in [0, 0.1) is 11.3 Å². The number of halogens is 1. The third-order valence-corrected chi connectivity index (χ3v) is 2.71. The van der Waals surface area contributed by atoms with Crippen LogP contribution in [0.3, 0.4) is 0 Å². The van der Waals surface area contributed by atoms with Crippen LogP contribution in [-0.2, 0) is 11.2 Å². The smallest absolute Gasteiger partial charge is 0.221 e. The largest absolute Gasteiger partial charge is 0.495 e. The number of hydrogen-bond acceptors (Lipinski definition) is 3. The summed E-state index contributed by atoms with van der Waals surface area (Å²) in [5.41, 5.74) is 1.03. The maximum absolute atomic E-state index is 11.3. The molecule has 1 amide bonds. The monoisotopic (exact) mass is 266 g/mol. The lowest BCUT2D eigenvalue weighted by Crippen LogP contribution is -2.25. The van der Waals surface area contributed by atoms with E-state index in [1.807, 2.05) is 18.2 Å². The van der Waals surface area contributed by atoms with Crippen LogP contribution in [-0.4, -0.2) is 19.6 Å². The first-order chi connectivity index (χ1) is 8.67. The molecule has 1 rings (SSSR count). The van der Waals surface area contributed by atoms with Gasteiger partial charge in [-0.25, -0.2) is 0 Å². The molecule has 1 aromatic rings. The Kier molecular flexibility index (Phi) is 6.03. The van der Waals surface area contributed by atoms with Crippen LogP contribution in [0.15, 0.2) is 18.2 Å². The summed E-state index contributed by atoms with van der Waals surface area (Å²) in [6.07, 6.45) is 1.20. The van der Waals surface area contributed by atoms with Crippen LogP contribution in [0.2, 0.25) is 5.02 Å². The molecular formula is C13H15ClN2O2. The van der Waals surface area contributed by atoms with Gasteiger partial charge in [-0.2, -0.15) is 5.26 Å². The highest BCUT2D eigenvalue weighted by Crippen LogP contribution is 2.24. The van der Waals surface area contributed by atoms with E-state index in [1.165, 1.54) is 0 Å². The lowest BCUT2D eigenvalue weighted by Gasteiger charge is -2.07. The lowest BCUT2D eigenvalue weighted by atomic mass is 10.1. The van der Waals surface area contributed by atoms with Crippen molar-refractivity contribution in [3.05, 3.63) is 28.8 Å². The van der Waals surface area contributed by atoms with Crippen molar-refractivity contribution < 1.29 is 9.53 Å². The second-order valence-electron chi connectivity index (χ2n) is 3.73. The summed E-state index contributed by atoms with van der Waals surface area (Å²) in [6.45, 7) is 0.535. The van der Waals surface area contributed by atoms with Crippen molar-refractivity contribution in [3.63, 3.8) is 0 Å². The third-order valence-electron chi connectivity index (χ3n) is 2.42. The van der Waals surface area contributed by atoms with Crippen LogP contribution in [0.1, 0.15) is 18.4 Å². The molecule has 0 spiro atoms. The minimum atomic E-state index is -0.101. The first-order valence-corrected chi connectivity index (χ1v) is 6.01. The molecule has 0 heterocycles. The van der Waals surface area contributed by atoms with Crippen LogP contribution in [0.5, 0.6) is 5.75 Å². The number of nitriles is 1. The molecule has 0 fully saturated rings. The van der Waals surface area contributed by atoms with Gasteiger partial charge < -0.3 is 10.1 Å². The molecule has 0 aromatic heterocycles. The summed E-state index contributed by atoms with van der Waals surface area (Å²) in [7, 11) is 1.57. The van der Waals surface area contributed by atoms with E-state index in [0.717, 1.165) is 5.56 Å². The molecule has 0 radical (unpaired) electrons. The molecular weight excluding hydrogens is 252 g/mol. The zero-order chi connectivity index (χ0) is 13.4. The average Bonchev–Trinajstić information content (AvgIpc) is 2.36. The van der Waals surface area contributed by atoms with Crippen molar-refractivity contribution in [3.8, 4) is 11.8 Å². The number of amides is 1. The molecule has 0 aliphatic carbocycles. The van der Waals surface area contributed by atoms with Crippen molar-refractivity contribution in [2.75, 3.05) is 13.7 Å². The summed E-state index contributed by atoms with van der Waals surface area (Å²) in [5.74, 6) is 0.537. The van der Waals surface area contributed by atoms with Gasteiger partial charge in [-0.05, 0) is 24.1 Å². The van der Waals surface area contributed by atoms with E-state index in [4.69, 9.17) is 21.6 Å². The Morgan fingerprint density at radius 1 is 1.56 bits per heavy atom. The fourth-order valence-electron chi connectivity index (χ4n) is 1.47. The molecule has 5 heteroatoms. The van der Waals surface area contributed by atoms with E-state index in [-0.39, 0.29) is 18.7 Å². The van der Waals surface area contributed by atoms with Crippen molar-refractivity contribution in [2.24, 2.45) is 0 Å². The van der Waals surface area contributed by atoms with E-state index >= 15 is 0 Å². The van der Waals surface area contributed by atoms with Gasteiger partial charge in [0.05, 0.1) is 18.2 Å². The molecule has 0 bridgehead atoms. The minimum absolute atomic E-state index is 0.101. The highest BCUT2D eigenvalue weighted by molar-refractivity contribution is 6.32. The summed E-state index contributed by atoms with van der Waals surface area (Å²) in [4.78, 5) is 11.3. The standard InChI is InChI=1S/C13H15ClN2O2/c1-18-12-5-4-10(9-11(12)14)6-8-16-13(17)3-2-7-15/h4-5,9H,2-3,6,8H2,1H3,(H,16,17). The third kappa shape index (κ3) is 4.64. The number of hydrogen-bond donors (Lipinski definition) is 1. The highest BCUT2D eigenvalue weighted by atomic mass is 35.5. The minimum Gasteiger partial charge on any atom is -0.495 e. The fourth-order valence-corrected chi connectivity index (χ4v) is 1.75. The van der Waals surface area contributed by atoms with Gasteiger partial charge in [0.1, 0.15) is 5.75 Å². The summed E-state index contributed by atoms with van der Waals surface area (Å²) in [6, 6.07) is 7.47. The van der Waals surface area contributed by atoms with E-state index in [1.54, 1.807) is 13.2 Å². The van der Waals surface area contributed by atoms with Gasteiger partial charge in [0.2, 0.25) is 5.91 Å². The Morgan fingerprint density at radius 2 is 2.33 bits per heavy atom. The number of benzene rings is 1. The predicted molar refractivity (Wildman–Crippen MR) is 69.6 cm³/mol. The number of ether oxygens (including phenoxy) is 1. The summed E-state index contributed by atoms with van der Waals surface area (Å²) in [5, 5.41) is 11.7. The van der Waals surface area contributed by atoms with Gasteiger partial charge in [-0.1, -0.05) is 17.7 Å². The van der Waals surface area contributed by atoms with Crippen molar-refractivity contribution in [1.82, 2.24) is 5.32 Å². The highest BCUT2D eigenvalue weighted by Gasteiger charge is 2.03. The van der Waals surface area contributed by atoms with E-state index in [9.17, 15) is 4.79 Å². The molecule has 0 aliphatic heterocycles. The van der Waals surface area contributed by atoms with Crippen LogP contribution < -0.4 is 10.1 Å². The molecule has 1 N–H and O–H groups in total. The molecule has 18 heavy (non-hydrogen) atoms. The zero-order valence-electron chi connectivity index (χ0n) is 10.2. The van der Waals surface area contributed by atoms with Crippen molar-refractivity contribution in [1.29, 1.82) is 5.26 Å². The lowest BCUT2D eigenvalue weighted by molar-refractivity contribution is -0.120. The Hall–Kier alpha value is -1.73. The first kappa shape index (κ1) is 14.3. The molecule has 0 aliphatic rings. The topological polar surface area (TPSA) is 62.1 Å². The summed E-state index contributed by atoms with van der Waals surface area (Å²) < 4.78 is 5.05. The number of methoxy groups -OCH3 is 1. The molecule has 0 unspecified atom stereocenters. The SMILES string of the molecule is COc1ccc(CCNC(=O)CCC#N)cc1Cl. The number of nitrogens with one attached hydrogen (secondary N) is 1. The normalized spacial score (nSPS) is 9.61. The van der Waals surface area contributed by atoms with Crippen LogP contribution in [0.25, 0.3) is 0 Å². The van der Waals surface area contributed by atoms with E-state index in [2.05, 4.69) is 5.32 Å². The molecule has 4 nitrogen and oxygen atoms in total. The molecule has 1 aromatic carbocycles. The zero-order valence-corrected chi connectivity index (χ0v) is 11.0. The molecule has 0 atom stereocenters. The van der Waals surface area contributed by atoms with Crippen molar-refractivity contribution >= 4 is 17.5 Å². The quantitative estimate of drug-likeness (QED) is 0.859. The maximum Gasteiger partial charge on any atom is 0.221 e. The van der Waals surface area contributed by atoms with Crippen molar-refractivity contribution in [2.45, 2.75) is 19.3 Å². The molecule has 0 saturated heterocycles. The van der Waals surface area contributed by atoms with E-state index < -0.39 is 0 Å². The van der Waals surface area contributed by atoms with Gasteiger partial charge >= 0.3 is 0 Å². The Labute approximate surface area is 112 Å². The number of nitrogens with zero attached hydrogens (tertiary/aromatic N) is 1. The molecule has 96 valence electrons. The Bertz CT molecular complexity index is 455. The van der Waals surface area contributed by atoms with Gasteiger partial charge in [0, 0.05) is 19.4 Å². The maximum atomic E-state index is 11.3. The average molecular weight is 267 g/mol. The Morgan fingerprint density at radius 3 is 2.94 bits per heavy atom. The van der Waals surface area contributed by atoms with E-state index in [0.29, 0.717) is 23.7 Å². The fraction of sp³-hybridized carbons (Fsp3) is 0.385. The number of carbonyl (C=O) groups is 1. The number of carbonyl (C=O) groups excluding carboxylic acids is 1. The molecule has 0 saturated carbocycles. The Balaban J connectivity index is 2.38.